The van der Waals surface area contributed by atoms with Crippen molar-refractivity contribution in [3.8, 4) is 5.75 Å². The lowest BCUT2D eigenvalue weighted by atomic mass is 10.0. The molecule has 2 heterocycles. The molecule has 4 nitrogen and oxygen atoms in total. The van der Waals surface area contributed by atoms with Crippen molar-refractivity contribution in [2.45, 2.75) is 52.0 Å². The molecule has 0 radical (unpaired) electrons. The smallest absolute Gasteiger partial charge is 0.260 e. The Bertz CT molecular complexity index is 579. The van der Waals surface area contributed by atoms with Gasteiger partial charge >= 0.3 is 0 Å². The number of likely N-dealkylation sites (tertiary alicyclic amines) is 2. The maximum atomic E-state index is 12.5. The summed E-state index contributed by atoms with van der Waals surface area (Å²) in [5, 5.41) is 0. The quantitative estimate of drug-likeness (QED) is 0.831. The predicted octanol–water partition coefficient (Wildman–Crippen LogP) is 3.19. The van der Waals surface area contributed by atoms with E-state index in [0.717, 1.165) is 30.8 Å². The first-order valence-electron chi connectivity index (χ1n) is 9.30. The Morgan fingerprint density at radius 1 is 1.25 bits per heavy atom. The largest absolute Gasteiger partial charge is 0.483 e. The number of amides is 1. The molecule has 3 rings (SSSR count). The Balaban J connectivity index is 1.55. The van der Waals surface area contributed by atoms with Gasteiger partial charge in [-0.15, -0.1) is 0 Å². The van der Waals surface area contributed by atoms with Crippen LogP contribution in [0.5, 0.6) is 5.75 Å². The molecule has 4 heteroatoms. The van der Waals surface area contributed by atoms with E-state index >= 15 is 0 Å². The average molecular weight is 330 g/mol. The number of rotatable bonds is 5. The number of carbonyl (C=O) groups is 1. The van der Waals surface area contributed by atoms with E-state index in [0.29, 0.717) is 12.0 Å². The number of ether oxygens (including phenoxy) is 1. The molecule has 2 saturated heterocycles. The van der Waals surface area contributed by atoms with E-state index in [-0.39, 0.29) is 12.5 Å². The first-order valence-corrected chi connectivity index (χ1v) is 9.30. The van der Waals surface area contributed by atoms with Crippen LogP contribution < -0.4 is 4.74 Å². The minimum absolute atomic E-state index is 0.118. The molecule has 2 aliphatic rings. The molecule has 132 valence electrons. The minimum atomic E-state index is 0.118. The average Bonchev–Trinajstić information content (AvgIpc) is 3.23. The van der Waals surface area contributed by atoms with Crippen LogP contribution in [0.15, 0.2) is 18.2 Å². The Kier molecular flexibility index (Phi) is 5.44. The van der Waals surface area contributed by atoms with Gasteiger partial charge in [0.05, 0.1) is 0 Å². The van der Waals surface area contributed by atoms with Gasteiger partial charge in [0.25, 0.3) is 5.91 Å². The van der Waals surface area contributed by atoms with E-state index in [2.05, 4.69) is 37.8 Å². The molecule has 1 aromatic rings. The molecule has 1 unspecified atom stereocenters. The monoisotopic (exact) mass is 330 g/mol. The van der Waals surface area contributed by atoms with Gasteiger partial charge in [0.1, 0.15) is 5.75 Å². The van der Waals surface area contributed by atoms with Crippen molar-refractivity contribution in [1.29, 1.82) is 0 Å². The molecule has 0 N–H and O–H groups in total. The third kappa shape index (κ3) is 3.92. The number of hydrogen-bond acceptors (Lipinski definition) is 3. The molecule has 1 amide bonds. The lowest BCUT2D eigenvalue weighted by Gasteiger charge is -2.23. The Labute approximate surface area is 145 Å². The summed E-state index contributed by atoms with van der Waals surface area (Å²) in [6.07, 6.45) is 3.71. The summed E-state index contributed by atoms with van der Waals surface area (Å²) in [5.74, 6) is 1.36. The zero-order valence-electron chi connectivity index (χ0n) is 15.3. The van der Waals surface area contributed by atoms with Crippen LogP contribution in [0, 0.1) is 6.92 Å². The molecular weight excluding hydrogens is 300 g/mol. The summed E-state index contributed by atoms with van der Waals surface area (Å²) in [6, 6.07) is 6.81. The zero-order chi connectivity index (χ0) is 17.1. The topological polar surface area (TPSA) is 32.8 Å². The van der Waals surface area contributed by atoms with E-state index in [1.807, 2.05) is 11.0 Å². The summed E-state index contributed by atoms with van der Waals surface area (Å²) in [4.78, 5) is 17.1. The SMILES string of the molecule is Cc1ccc(C(C)C)c(OCC(=O)N2CCC(N3CCCC3)C2)c1. The van der Waals surface area contributed by atoms with E-state index in [1.54, 1.807) is 0 Å². The highest BCUT2D eigenvalue weighted by Gasteiger charge is 2.31. The molecule has 0 aliphatic carbocycles. The second-order valence-corrected chi connectivity index (χ2v) is 7.51. The maximum absolute atomic E-state index is 12.5. The van der Waals surface area contributed by atoms with Crippen LogP contribution in [-0.4, -0.2) is 54.5 Å². The third-order valence-electron chi connectivity index (χ3n) is 5.32. The lowest BCUT2D eigenvalue weighted by molar-refractivity contribution is -0.132. The molecule has 2 aliphatic heterocycles. The zero-order valence-corrected chi connectivity index (χ0v) is 15.3. The van der Waals surface area contributed by atoms with E-state index in [9.17, 15) is 4.79 Å². The first kappa shape index (κ1) is 17.3. The van der Waals surface area contributed by atoms with Gasteiger partial charge < -0.3 is 9.64 Å². The third-order valence-corrected chi connectivity index (χ3v) is 5.32. The molecule has 0 aromatic heterocycles. The fraction of sp³-hybridized carbons (Fsp3) is 0.650. The van der Waals surface area contributed by atoms with E-state index in [1.165, 1.54) is 31.5 Å². The van der Waals surface area contributed by atoms with Crippen LogP contribution in [0.25, 0.3) is 0 Å². The standard InChI is InChI=1S/C20H30N2O2/c1-15(2)18-7-6-16(3)12-19(18)24-14-20(23)22-11-8-17(13-22)21-9-4-5-10-21/h6-7,12,15,17H,4-5,8-11,13-14H2,1-3H3. The van der Waals surface area contributed by atoms with E-state index < -0.39 is 0 Å². The minimum Gasteiger partial charge on any atom is -0.483 e. The Hall–Kier alpha value is -1.55. The highest BCUT2D eigenvalue weighted by Crippen LogP contribution is 2.28. The molecule has 24 heavy (non-hydrogen) atoms. The lowest BCUT2D eigenvalue weighted by Crippen LogP contribution is -2.38. The van der Waals surface area contributed by atoms with Crippen molar-refractivity contribution < 1.29 is 9.53 Å². The molecule has 1 atom stereocenters. The number of aryl methyl sites for hydroxylation is 1. The van der Waals surface area contributed by atoms with Gasteiger partial charge in [-0.1, -0.05) is 26.0 Å². The van der Waals surface area contributed by atoms with Crippen molar-refractivity contribution in [2.24, 2.45) is 0 Å². The molecule has 0 bridgehead atoms. The van der Waals surface area contributed by atoms with Crippen LogP contribution in [0.1, 0.15) is 50.2 Å². The van der Waals surface area contributed by atoms with Crippen molar-refractivity contribution in [3.05, 3.63) is 29.3 Å². The summed E-state index contributed by atoms with van der Waals surface area (Å²) >= 11 is 0. The fourth-order valence-corrected chi connectivity index (χ4v) is 3.85. The Morgan fingerprint density at radius 3 is 2.71 bits per heavy atom. The molecule has 2 fully saturated rings. The van der Waals surface area contributed by atoms with Gasteiger partial charge in [-0.05, 0) is 62.4 Å². The highest BCUT2D eigenvalue weighted by atomic mass is 16.5. The van der Waals surface area contributed by atoms with Gasteiger partial charge in [0.2, 0.25) is 0 Å². The molecule has 0 saturated carbocycles. The van der Waals surface area contributed by atoms with Crippen LogP contribution in [0.3, 0.4) is 0 Å². The van der Waals surface area contributed by atoms with Crippen LogP contribution in [0.2, 0.25) is 0 Å². The second-order valence-electron chi connectivity index (χ2n) is 7.51. The van der Waals surface area contributed by atoms with Crippen molar-refractivity contribution >= 4 is 5.91 Å². The maximum Gasteiger partial charge on any atom is 0.260 e. The number of hydrogen-bond donors (Lipinski definition) is 0. The summed E-state index contributed by atoms with van der Waals surface area (Å²) in [6.45, 7) is 10.6. The van der Waals surface area contributed by atoms with Crippen LogP contribution >= 0.6 is 0 Å². The highest BCUT2D eigenvalue weighted by molar-refractivity contribution is 5.78. The van der Waals surface area contributed by atoms with E-state index in [4.69, 9.17) is 4.74 Å². The van der Waals surface area contributed by atoms with Crippen LogP contribution in [0.4, 0.5) is 0 Å². The number of benzene rings is 1. The Morgan fingerprint density at radius 2 is 2.00 bits per heavy atom. The fourth-order valence-electron chi connectivity index (χ4n) is 3.85. The van der Waals surface area contributed by atoms with Crippen molar-refractivity contribution in [1.82, 2.24) is 9.80 Å². The summed E-state index contributed by atoms with van der Waals surface area (Å²) in [7, 11) is 0. The van der Waals surface area contributed by atoms with Crippen LogP contribution in [-0.2, 0) is 4.79 Å². The van der Waals surface area contributed by atoms with Gasteiger partial charge in [-0.25, -0.2) is 0 Å². The predicted molar refractivity (Wildman–Crippen MR) is 96.6 cm³/mol. The summed E-state index contributed by atoms with van der Waals surface area (Å²) < 4.78 is 5.91. The molecule has 1 aromatic carbocycles. The van der Waals surface area contributed by atoms with Crippen molar-refractivity contribution in [2.75, 3.05) is 32.8 Å². The summed E-state index contributed by atoms with van der Waals surface area (Å²) in [5.41, 5.74) is 2.34. The normalized spacial score (nSPS) is 21.7. The van der Waals surface area contributed by atoms with Gasteiger partial charge in [0.15, 0.2) is 6.61 Å². The van der Waals surface area contributed by atoms with Gasteiger partial charge in [-0.2, -0.15) is 0 Å². The number of carbonyl (C=O) groups excluding carboxylic acids is 1. The second kappa shape index (κ2) is 7.56. The van der Waals surface area contributed by atoms with Crippen molar-refractivity contribution in [3.63, 3.8) is 0 Å². The van der Waals surface area contributed by atoms with Gasteiger partial charge in [0, 0.05) is 19.1 Å². The first-order chi connectivity index (χ1) is 11.5. The van der Waals surface area contributed by atoms with Gasteiger partial charge in [-0.3, -0.25) is 9.69 Å². The number of nitrogens with zero attached hydrogens (tertiary/aromatic N) is 2. The molecular formula is C20H30N2O2. The molecule has 0 spiro atoms.